The number of hydrogen-bond acceptors (Lipinski definition) is 4. The molecule has 0 aliphatic heterocycles. The van der Waals surface area contributed by atoms with Gasteiger partial charge in [-0.3, -0.25) is 10.1 Å². The lowest BCUT2D eigenvalue weighted by atomic mass is 9.86. The van der Waals surface area contributed by atoms with Crippen LogP contribution < -0.4 is 10.1 Å². The first-order valence-corrected chi connectivity index (χ1v) is 7.31. The van der Waals surface area contributed by atoms with E-state index in [2.05, 4.69) is 12.2 Å². The summed E-state index contributed by atoms with van der Waals surface area (Å²) in [6, 6.07) is 4.85. The molecule has 5 nitrogen and oxygen atoms in total. The fraction of sp³-hybridized carbons (Fsp3) is 0.600. The smallest absolute Gasteiger partial charge is 0.270 e. The molecule has 5 heteroatoms. The van der Waals surface area contributed by atoms with Crippen LogP contribution in [-0.4, -0.2) is 18.1 Å². The summed E-state index contributed by atoms with van der Waals surface area (Å²) in [6.45, 7) is 4.31. The van der Waals surface area contributed by atoms with E-state index in [1.807, 2.05) is 0 Å². The van der Waals surface area contributed by atoms with Crippen molar-refractivity contribution in [3.63, 3.8) is 0 Å². The quantitative estimate of drug-likeness (QED) is 0.450. The second-order valence-electron chi connectivity index (χ2n) is 5.33. The Bertz CT molecular complexity index is 458. The highest BCUT2D eigenvalue weighted by Crippen LogP contribution is 2.29. The first kappa shape index (κ1) is 14.8. The molecule has 1 aromatic carbocycles. The third-order valence-corrected chi connectivity index (χ3v) is 3.70. The van der Waals surface area contributed by atoms with E-state index in [1.165, 1.54) is 25.3 Å². The van der Waals surface area contributed by atoms with Crippen LogP contribution in [0, 0.1) is 16.0 Å². The molecule has 0 radical (unpaired) electrons. The van der Waals surface area contributed by atoms with E-state index in [9.17, 15) is 10.1 Å². The molecule has 1 saturated carbocycles. The van der Waals surface area contributed by atoms with E-state index >= 15 is 0 Å². The topological polar surface area (TPSA) is 64.4 Å². The van der Waals surface area contributed by atoms with Gasteiger partial charge in [0.1, 0.15) is 5.75 Å². The standard InChI is InChI=1S/C15H22N2O3/c1-2-8-16-10-13-9-14(17(18)19)6-7-15(13)20-11-12-4-3-5-12/h6-7,9,12,16H,2-5,8,10-11H2,1H3. The second kappa shape index (κ2) is 7.24. The first-order valence-electron chi connectivity index (χ1n) is 7.31. The summed E-state index contributed by atoms with van der Waals surface area (Å²) in [4.78, 5) is 10.5. The number of nitrogens with one attached hydrogen (secondary N) is 1. The third-order valence-electron chi connectivity index (χ3n) is 3.70. The van der Waals surface area contributed by atoms with E-state index in [1.54, 1.807) is 12.1 Å². The first-order chi connectivity index (χ1) is 9.70. The number of ether oxygens (including phenoxy) is 1. The molecule has 0 heterocycles. The average molecular weight is 278 g/mol. The maximum absolute atomic E-state index is 10.9. The molecule has 0 unspecified atom stereocenters. The summed E-state index contributed by atoms with van der Waals surface area (Å²) in [5.41, 5.74) is 0.987. The van der Waals surface area contributed by atoms with Gasteiger partial charge in [0.25, 0.3) is 5.69 Å². The van der Waals surface area contributed by atoms with E-state index in [0.29, 0.717) is 12.5 Å². The Balaban J connectivity index is 2.03. The molecule has 0 atom stereocenters. The van der Waals surface area contributed by atoms with Gasteiger partial charge in [-0.1, -0.05) is 13.3 Å². The monoisotopic (exact) mass is 278 g/mol. The summed E-state index contributed by atoms with van der Waals surface area (Å²) in [5, 5.41) is 14.1. The molecule has 0 spiro atoms. The molecular formula is C15H22N2O3. The van der Waals surface area contributed by atoms with Crippen molar-refractivity contribution in [3.05, 3.63) is 33.9 Å². The minimum atomic E-state index is -0.362. The minimum absolute atomic E-state index is 0.120. The van der Waals surface area contributed by atoms with Crippen molar-refractivity contribution in [2.24, 2.45) is 5.92 Å². The van der Waals surface area contributed by atoms with Crippen LogP contribution in [0.25, 0.3) is 0 Å². The van der Waals surface area contributed by atoms with Crippen molar-refractivity contribution in [2.75, 3.05) is 13.2 Å². The van der Waals surface area contributed by atoms with Crippen LogP contribution in [0.4, 0.5) is 5.69 Å². The van der Waals surface area contributed by atoms with Gasteiger partial charge >= 0.3 is 0 Å². The SMILES string of the molecule is CCCNCc1cc([N+](=O)[O-])ccc1OCC1CCC1. The lowest BCUT2D eigenvalue weighted by Crippen LogP contribution is -2.20. The number of benzene rings is 1. The molecule has 0 saturated heterocycles. The number of rotatable bonds is 8. The van der Waals surface area contributed by atoms with Gasteiger partial charge in [0, 0.05) is 24.2 Å². The molecule has 0 aromatic heterocycles. The molecule has 20 heavy (non-hydrogen) atoms. The molecule has 1 aliphatic carbocycles. The summed E-state index contributed by atoms with van der Waals surface area (Å²) >= 11 is 0. The lowest BCUT2D eigenvalue weighted by molar-refractivity contribution is -0.384. The zero-order chi connectivity index (χ0) is 14.4. The summed E-state index contributed by atoms with van der Waals surface area (Å²) in [6.07, 6.45) is 4.79. The third kappa shape index (κ3) is 3.93. The molecule has 2 rings (SSSR count). The number of non-ortho nitro benzene ring substituents is 1. The zero-order valence-corrected chi connectivity index (χ0v) is 11.9. The summed E-state index contributed by atoms with van der Waals surface area (Å²) < 4.78 is 5.84. The van der Waals surface area contributed by atoms with Crippen LogP contribution in [0.5, 0.6) is 5.75 Å². The van der Waals surface area contributed by atoms with Gasteiger partial charge in [0.05, 0.1) is 11.5 Å². The fourth-order valence-electron chi connectivity index (χ4n) is 2.23. The molecule has 1 aliphatic rings. The molecule has 1 fully saturated rings. The van der Waals surface area contributed by atoms with Gasteiger partial charge in [-0.2, -0.15) is 0 Å². The Kier molecular flexibility index (Phi) is 5.35. The highest BCUT2D eigenvalue weighted by atomic mass is 16.6. The fourth-order valence-corrected chi connectivity index (χ4v) is 2.23. The Morgan fingerprint density at radius 1 is 1.45 bits per heavy atom. The van der Waals surface area contributed by atoms with Gasteiger partial charge in [0.2, 0.25) is 0 Å². The summed E-state index contributed by atoms with van der Waals surface area (Å²) in [5.74, 6) is 1.42. The van der Waals surface area contributed by atoms with E-state index in [-0.39, 0.29) is 10.6 Å². The van der Waals surface area contributed by atoms with Crippen LogP contribution in [0.15, 0.2) is 18.2 Å². The van der Waals surface area contributed by atoms with Crippen molar-refractivity contribution in [3.8, 4) is 5.75 Å². The van der Waals surface area contributed by atoms with Gasteiger partial charge < -0.3 is 10.1 Å². The number of nitrogens with zero attached hydrogens (tertiary/aromatic N) is 1. The highest BCUT2D eigenvalue weighted by molar-refractivity contribution is 5.43. The predicted octanol–water partition coefficient (Wildman–Crippen LogP) is 3.27. The molecule has 0 amide bonds. The normalized spacial score (nSPS) is 14.8. The predicted molar refractivity (Wildman–Crippen MR) is 77.9 cm³/mol. The van der Waals surface area contributed by atoms with Gasteiger partial charge in [-0.05, 0) is 37.8 Å². The van der Waals surface area contributed by atoms with Gasteiger partial charge in [-0.25, -0.2) is 0 Å². The molecular weight excluding hydrogens is 256 g/mol. The lowest BCUT2D eigenvalue weighted by Gasteiger charge is -2.25. The maximum atomic E-state index is 10.9. The van der Waals surface area contributed by atoms with Crippen molar-refractivity contribution in [1.82, 2.24) is 5.32 Å². The van der Waals surface area contributed by atoms with Gasteiger partial charge in [-0.15, -0.1) is 0 Å². The van der Waals surface area contributed by atoms with E-state index in [4.69, 9.17) is 4.74 Å². The summed E-state index contributed by atoms with van der Waals surface area (Å²) in [7, 11) is 0. The number of hydrogen-bond donors (Lipinski definition) is 1. The van der Waals surface area contributed by atoms with Crippen LogP contribution in [0.1, 0.15) is 38.2 Å². The highest BCUT2D eigenvalue weighted by Gasteiger charge is 2.19. The Morgan fingerprint density at radius 3 is 2.85 bits per heavy atom. The van der Waals surface area contributed by atoms with Crippen LogP contribution in [0.2, 0.25) is 0 Å². The second-order valence-corrected chi connectivity index (χ2v) is 5.33. The Morgan fingerprint density at radius 2 is 2.25 bits per heavy atom. The number of nitro benzene ring substituents is 1. The molecule has 0 bridgehead atoms. The maximum Gasteiger partial charge on any atom is 0.270 e. The van der Waals surface area contributed by atoms with Crippen molar-refractivity contribution in [1.29, 1.82) is 0 Å². The van der Waals surface area contributed by atoms with Crippen LogP contribution in [0.3, 0.4) is 0 Å². The molecule has 1 N–H and O–H groups in total. The molecule has 1 aromatic rings. The largest absolute Gasteiger partial charge is 0.493 e. The number of nitro groups is 1. The minimum Gasteiger partial charge on any atom is -0.493 e. The molecule has 110 valence electrons. The Labute approximate surface area is 119 Å². The zero-order valence-electron chi connectivity index (χ0n) is 11.9. The van der Waals surface area contributed by atoms with Crippen molar-refractivity contribution in [2.45, 2.75) is 39.2 Å². The van der Waals surface area contributed by atoms with Crippen molar-refractivity contribution >= 4 is 5.69 Å². The van der Waals surface area contributed by atoms with Gasteiger partial charge in [0.15, 0.2) is 0 Å². The average Bonchev–Trinajstić information content (AvgIpc) is 2.38. The van der Waals surface area contributed by atoms with Crippen molar-refractivity contribution < 1.29 is 9.66 Å². The van der Waals surface area contributed by atoms with Crippen LogP contribution >= 0.6 is 0 Å². The van der Waals surface area contributed by atoms with E-state index in [0.717, 1.165) is 30.9 Å². The van der Waals surface area contributed by atoms with Crippen LogP contribution in [-0.2, 0) is 6.54 Å². The Hall–Kier alpha value is -1.62. The van der Waals surface area contributed by atoms with E-state index < -0.39 is 0 Å².